The minimum Gasteiger partial charge on any atom is -0.380 e. The first kappa shape index (κ1) is 22.1. The number of aromatic nitrogens is 2. The molecule has 3 aromatic rings. The molecule has 2 aromatic carbocycles. The van der Waals surface area contributed by atoms with Crippen molar-refractivity contribution in [3.63, 3.8) is 0 Å². The number of amidine groups is 1. The minimum absolute atomic E-state index is 0.0283. The third-order valence-corrected chi connectivity index (χ3v) is 5.69. The standard InChI is InChI=1S/C24H28N8O/c1-17(31(2)20-11-7-4-8-12-20)27-23(26)28-21(25)22-29-24(33-30-22)32-15-13-19(14-16-32)18-9-5-3-6-10-18/h3-12,19H,1,13-16H2,2H3,(H4,25,26,27,28). The monoisotopic (exact) mass is 444 g/mol. The molecule has 33 heavy (non-hydrogen) atoms. The number of nitrogens with two attached hydrogens (primary N) is 2. The van der Waals surface area contributed by atoms with E-state index < -0.39 is 0 Å². The van der Waals surface area contributed by atoms with Crippen molar-refractivity contribution in [1.82, 2.24) is 10.1 Å². The molecule has 1 fully saturated rings. The molecule has 170 valence electrons. The normalized spacial score (nSPS) is 15.5. The van der Waals surface area contributed by atoms with Gasteiger partial charge in [0, 0.05) is 25.8 Å². The van der Waals surface area contributed by atoms with Gasteiger partial charge < -0.3 is 25.8 Å². The van der Waals surface area contributed by atoms with Gasteiger partial charge in [-0.15, -0.1) is 0 Å². The third-order valence-electron chi connectivity index (χ3n) is 5.69. The summed E-state index contributed by atoms with van der Waals surface area (Å²) in [6.07, 6.45) is 2.03. The number of guanidine groups is 1. The van der Waals surface area contributed by atoms with Crippen LogP contribution in [0.3, 0.4) is 0 Å². The lowest BCUT2D eigenvalue weighted by Crippen LogP contribution is -2.33. The number of hydrogen-bond acceptors (Lipinski definition) is 6. The Balaban J connectivity index is 1.37. The van der Waals surface area contributed by atoms with E-state index in [1.165, 1.54) is 5.56 Å². The first-order valence-electron chi connectivity index (χ1n) is 10.8. The molecule has 2 heterocycles. The van der Waals surface area contributed by atoms with Crippen LogP contribution < -0.4 is 21.3 Å². The Kier molecular flexibility index (Phi) is 6.68. The molecule has 0 saturated carbocycles. The van der Waals surface area contributed by atoms with Gasteiger partial charge in [0.2, 0.25) is 11.8 Å². The van der Waals surface area contributed by atoms with Crippen molar-refractivity contribution in [2.75, 3.05) is 29.9 Å². The number of rotatable bonds is 6. The molecular weight excluding hydrogens is 416 g/mol. The Morgan fingerprint density at radius 1 is 1.03 bits per heavy atom. The Hall–Kier alpha value is -4.14. The number of piperidine rings is 1. The summed E-state index contributed by atoms with van der Waals surface area (Å²) in [7, 11) is 1.84. The van der Waals surface area contributed by atoms with Gasteiger partial charge in [-0.3, -0.25) is 0 Å². The zero-order chi connectivity index (χ0) is 23.2. The van der Waals surface area contributed by atoms with Crippen LogP contribution in [0.2, 0.25) is 0 Å². The molecule has 4 N–H and O–H groups in total. The molecule has 0 bridgehead atoms. The van der Waals surface area contributed by atoms with E-state index in [0.717, 1.165) is 31.6 Å². The molecule has 4 rings (SSSR count). The average molecular weight is 445 g/mol. The molecule has 1 aliphatic rings. The van der Waals surface area contributed by atoms with Crippen LogP contribution >= 0.6 is 0 Å². The van der Waals surface area contributed by atoms with Crippen LogP contribution in [0.4, 0.5) is 11.7 Å². The lowest BCUT2D eigenvalue weighted by molar-refractivity contribution is 0.392. The summed E-state index contributed by atoms with van der Waals surface area (Å²) in [5, 5.41) is 3.96. The average Bonchev–Trinajstić information content (AvgIpc) is 3.35. The Morgan fingerprint density at radius 3 is 2.33 bits per heavy atom. The van der Waals surface area contributed by atoms with Crippen molar-refractivity contribution in [2.45, 2.75) is 18.8 Å². The van der Waals surface area contributed by atoms with Crippen LogP contribution in [0.15, 0.2) is 87.6 Å². The van der Waals surface area contributed by atoms with Crippen LogP contribution in [0.5, 0.6) is 0 Å². The SMILES string of the molecule is C=C(/N=C(N)\N=C(/N)c1noc(N2CCC(c3ccccc3)CC2)n1)N(C)c1ccccc1. The highest BCUT2D eigenvalue weighted by atomic mass is 16.5. The van der Waals surface area contributed by atoms with Gasteiger partial charge >= 0.3 is 6.01 Å². The topological polar surface area (TPSA) is 122 Å². The molecule has 0 unspecified atom stereocenters. The van der Waals surface area contributed by atoms with Crippen molar-refractivity contribution in [3.05, 3.63) is 84.5 Å². The van der Waals surface area contributed by atoms with Crippen molar-refractivity contribution < 1.29 is 4.52 Å². The van der Waals surface area contributed by atoms with Crippen molar-refractivity contribution in [2.24, 2.45) is 21.5 Å². The van der Waals surface area contributed by atoms with Crippen molar-refractivity contribution in [1.29, 1.82) is 0 Å². The predicted octanol–water partition coefficient (Wildman–Crippen LogP) is 3.08. The van der Waals surface area contributed by atoms with E-state index >= 15 is 0 Å². The van der Waals surface area contributed by atoms with Gasteiger partial charge in [-0.25, -0.2) is 0 Å². The van der Waals surface area contributed by atoms with E-state index in [-0.39, 0.29) is 17.6 Å². The van der Waals surface area contributed by atoms with E-state index in [2.05, 4.69) is 55.9 Å². The zero-order valence-electron chi connectivity index (χ0n) is 18.6. The summed E-state index contributed by atoms with van der Waals surface area (Å²) in [5.74, 6) is 1.12. The first-order chi connectivity index (χ1) is 16.0. The number of anilines is 2. The largest absolute Gasteiger partial charge is 0.380 e. The summed E-state index contributed by atoms with van der Waals surface area (Å²) in [6, 6.07) is 20.7. The molecule has 0 radical (unpaired) electrons. The summed E-state index contributed by atoms with van der Waals surface area (Å²) < 4.78 is 5.42. The second-order valence-corrected chi connectivity index (χ2v) is 7.85. The highest BCUT2D eigenvalue weighted by Gasteiger charge is 2.24. The molecule has 1 saturated heterocycles. The number of benzene rings is 2. The Morgan fingerprint density at radius 2 is 1.67 bits per heavy atom. The van der Waals surface area contributed by atoms with Crippen molar-refractivity contribution in [3.8, 4) is 0 Å². The van der Waals surface area contributed by atoms with Gasteiger partial charge in [0.25, 0.3) is 0 Å². The van der Waals surface area contributed by atoms with Gasteiger partial charge in [-0.05, 0) is 36.5 Å². The van der Waals surface area contributed by atoms with Gasteiger partial charge in [0.1, 0.15) is 5.82 Å². The molecule has 0 atom stereocenters. The Bertz CT molecular complexity index is 1130. The lowest BCUT2D eigenvalue weighted by atomic mass is 9.90. The zero-order valence-corrected chi connectivity index (χ0v) is 18.6. The molecule has 9 nitrogen and oxygen atoms in total. The predicted molar refractivity (Wildman–Crippen MR) is 131 cm³/mol. The maximum Gasteiger partial charge on any atom is 0.324 e. The van der Waals surface area contributed by atoms with E-state index in [9.17, 15) is 0 Å². The number of para-hydroxylation sites is 1. The van der Waals surface area contributed by atoms with E-state index in [4.69, 9.17) is 16.0 Å². The summed E-state index contributed by atoms with van der Waals surface area (Å²) in [5.41, 5.74) is 14.3. The van der Waals surface area contributed by atoms with E-state index in [0.29, 0.717) is 17.8 Å². The first-order valence-corrected chi connectivity index (χ1v) is 10.8. The molecule has 9 heteroatoms. The second-order valence-electron chi connectivity index (χ2n) is 7.85. The fourth-order valence-electron chi connectivity index (χ4n) is 3.78. The molecule has 1 aromatic heterocycles. The number of aliphatic imine (C=N–C) groups is 2. The van der Waals surface area contributed by atoms with E-state index in [1.807, 2.05) is 43.4 Å². The number of nitrogens with zero attached hydrogens (tertiary/aromatic N) is 6. The summed E-state index contributed by atoms with van der Waals surface area (Å²) in [6.45, 7) is 5.59. The van der Waals surface area contributed by atoms with Crippen LogP contribution in [-0.4, -0.2) is 42.1 Å². The van der Waals surface area contributed by atoms with Crippen LogP contribution in [0.25, 0.3) is 0 Å². The lowest BCUT2D eigenvalue weighted by Gasteiger charge is -2.30. The highest BCUT2D eigenvalue weighted by Crippen LogP contribution is 2.29. The second kappa shape index (κ2) is 9.99. The molecule has 0 spiro atoms. The van der Waals surface area contributed by atoms with Crippen molar-refractivity contribution >= 4 is 23.5 Å². The third kappa shape index (κ3) is 5.38. The van der Waals surface area contributed by atoms with Gasteiger partial charge in [-0.1, -0.05) is 60.3 Å². The maximum atomic E-state index is 6.04. The molecule has 1 aliphatic heterocycles. The molecular formula is C24H28N8O. The molecule has 0 aliphatic carbocycles. The van der Waals surface area contributed by atoms with Crippen LogP contribution in [0, 0.1) is 0 Å². The fraction of sp³-hybridized carbons (Fsp3) is 0.250. The Labute approximate surface area is 193 Å². The van der Waals surface area contributed by atoms with Crippen LogP contribution in [-0.2, 0) is 0 Å². The highest BCUT2D eigenvalue weighted by molar-refractivity contribution is 6.02. The van der Waals surface area contributed by atoms with Crippen LogP contribution in [0.1, 0.15) is 30.1 Å². The smallest absolute Gasteiger partial charge is 0.324 e. The van der Waals surface area contributed by atoms with Gasteiger partial charge in [-0.2, -0.15) is 15.0 Å². The fourth-order valence-corrected chi connectivity index (χ4v) is 3.78. The van der Waals surface area contributed by atoms with Gasteiger partial charge in [0.05, 0.1) is 0 Å². The summed E-state index contributed by atoms with van der Waals surface area (Å²) in [4.78, 5) is 16.6. The maximum absolute atomic E-state index is 6.04. The number of hydrogen-bond donors (Lipinski definition) is 2. The van der Waals surface area contributed by atoms with E-state index in [1.54, 1.807) is 4.90 Å². The minimum atomic E-state index is -0.0460. The van der Waals surface area contributed by atoms with Gasteiger partial charge in [0.15, 0.2) is 5.84 Å². The molecule has 0 amide bonds. The summed E-state index contributed by atoms with van der Waals surface area (Å²) >= 11 is 0. The quantitative estimate of drug-likeness (QED) is 0.442.